The van der Waals surface area contributed by atoms with Crippen molar-refractivity contribution in [2.45, 2.75) is 33.6 Å². The quantitative estimate of drug-likeness (QED) is 0.915. The Morgan fingerprint density at radius 3 is 2.29 bits per heavy atom. The molecule has 0 saturated carbocycles. The van der Waals surface area contributed by atoms with Crippen molar-refractivity contribution in [2.75, 3.05) is 36.4 Å². The van der Waals surface area contributed by atoms with Crippen molar-refractivity contribution in [2.24, 2.45) is 5.92 Å². The summed E-state index contributed by atoms with van der Waals surface area (Å²) in [6.45, 7) is 10.0. The van der Waals surface area contributed by atoms with Gasteiger partial charge in [-0.25, -0.2) is 4.79 Å². The Hall–Kier alpha value is -1.71. The van der Waals surface area contributed by atoms with Crippen molar-refractivity contribution < 1.29 is 4.79 Å². The van der Waals surface area contributed by atoms with E-state index >= 15 is 0 Å². The normalized spacial score (nSPS) is 15.9. The predicted molar refractivity (Wildman–Crippen MR) is 89.0 cm³/mol. The number of piperidine rings is 1. The largest absolute Gasteiger partial charge is 0.372 e. The average Bonchev–Trinajstić information content (AvgIpc) is 2.50. The van der Waals surface area contributed by atoms with Gasteiger partial charge in [-0.15, -0.1) is 0 Å². The molecule has 0 aromatic heterocycles. The smallest absolute Gasteiger partial charge is 0.321 e. The number of hydrogen-bond acceptors (Lipinski definition) is 2. The van der Waals surface area contributed by atoms with Crippen LogP contribution in [0, 0.1) is 5.92 Å². The van der Waals surface area contributed by atoms with Crippen LogP contribution in [0.3, 0.4) is 0 Å². The third-order valence-corrected chi connectivity index (χ3v) is 4.32. The number of nitrogens with zero attached hydrogens (tertiary/aromatic N) is 2. The number of nitrogens with one attached hydrogen (secondary N) is 1. The molecule has 1 N–H and O–H groups in total. The minimum absolute atomic E-state index is 0.0282. The van der Waals surface area contributed by atoms with Crippen molar-refractivity contribution in [3.63, 3.8) is 0 Å². The fourth-order valence-corrected chi connectivity index (χ4v) is 2.74. The van der Waals surface area contributed by atoms with E-state index in [-0.39, 0.29) is 6.03 Å². The van der Waals surface area contributed by atoms with Crippen molar-refractivity contribution in [3.8, 4) is 0 Å². The summed E-state index contributed by atoms with van der Waals surface area (Å²) < 4.78 is 0. The van der Waals surface area contributed by atoms with Crippen LogP contribution in [-0.2, 0) is 0 Å². The molecule has 2 amide bonds. The van der Waals surface area contributed by atoms with Gasteiger partial charge in [-0.2, -0.15) is 0 Å². The van der Waals surface area contributed by atoms with E-state index in [1.54, 1.807) is 4.90 Å². The third-order valence-electron chi connectivity index (χ3n) is 4.32. The Kier molecular flexibility index (Phi) is 5.48. The molecule has 0 aliphatic carbocycles. The summed E-state index contributed by atoms with van der Waals surface area (Å²) in [6, 6.07) is 8.17. The lowest BCUT2D eigenvalue weighted by molar-refractivity contribution is 0.217. The molecule has 0 spiro atoms. The molecule has 1 fully saturated rings. The zero-order chi connectivity index (χ0) is 15.2. The molecule has 2 rings (SSSR count). The van der Waals surface area contributed by atoms with Gasteiger partial charge in [0.05, 0.1) is 0 Å². The monoisotopic (exact) mass is 289 g/mol. The molecule has 116 valence electrons. The molecular formula is C17H27N3O. The van der Waals surface area contributed by atoms with Crippen LogP contribution in [0.5, 0.6) is 0 Å². The topological polar surface area (TPSA) is 35.6 Å². The Morgan fingerprint density at radius 1 is 1.19 bits per heavy atom. The molecule has 4 heteroatoms. The van der Waals surface area contributed by atoms with Crippen LogP contribution in [0.15, 0.2) is 24.3 Å². The fraction of sp³-hybridized carbons (Fsp3) is 0.588. The van der Waals surface area contributed by atoms with Crippen molar-refractivity contribution >= 4 is 17.4 Å². The maximum atomic E-state index is 12.0. The first-order chi connectivity index (χ1) is 10.1. The van der Waals surface area contributed by atoms with E-state index < -0.39 is 0 Å². The van der Waals surface area contributed by atoms with Crippen LogP contribution in [0.1, 0.15) is 33.6 Å². The van der Waals surface area contributed by atoms with Crippen LogP contribution in [0.25, 0.3) is 0 Å². The van der Waals surface area contributed by atoms with Gasteiger partial charge >= 0.3 is 6.03 Å². The van der Waals surface area contributed by atoms with E-state index in [1.165, 1.54) is 18.5 Å². The lowest BCUT2D eigenvalue weighted by Crippen LogP contribution is -2.34. The zero-order valence-corrected chi connectivity index (χ0v) is 13.4. The molecular weight excluding hydrogens is 262 g/mol. The average molecular weight is 289 g/mol. The molecule has 0 atom stereocenters. The molecule has 1 aromatic rings. The highest BCUT2D eigenvalue weighted by atomic mass is 16.2. The van der Waals surface area contributed by atoms with E-state index in [9.17, 15) is 4.79 Å². The van der Waals surface area contributed by atoms with Crippen molar-refractivity contribution in [1.29, 1.82) is 0 Å². The Labute approximate surface area is 128 Å². The van der Waals surface area contributed by atoms with E-state index in [2.05, 4.69) is 29.3 Å². The van der Waals surface area contributed by atoms with Crippen LogP contribution in [-0.4, -0.2) is 37.1 Å². The second-order valence-corrected chi connectivity index (χ2v) is 5.82. The van der Waals surface area contributed by atoms with Gasteiger partial charge in [-0.3, -0.25) is 0 Å². The minimum atomic E-state index is -0.0282. The predicted octanol–water partition coefficient (Wildman–Crippen LogP) is 3.80. The first kappa shape index (κ1) is 15.7. The van der Waals surface area contributed by atoms with Crippen molar-refractivity contribution in [3.05, 3.63) is 24.3 Å². The molecule has 1 saturated heterocycles. The molecule has 4 nitrogen and oxygen atoms in total. The van der Waals surface area contributed by atoms with Crippen molar-refractivity contribution in [1.82, 2.24) is 4.90 Å². The van der Waals surface area contributed by atoms with Gasteiger partial charge in [0, 0.05) is 37.6 Å². The summed E-state index contributed by atoms with van der Waals surface area (Å²) in [7, 11) is 0. The van der Waals surface area contributed by atoms with Crippen LogP contribution in [0.4, 0.5) is 16.2 Å². The highest BCUT2D eigenvalue weighted by Gasteiger charge is 2.16. The molecule has 0 unspecified atom stereocenters. The maximum absolute atomic E-state index is 12.0. The van der Waals surface area contributed by atoms with Crippen LogP contribution >= 0.6 is 0 Å². The van der Waals surface area contributed by atoms with E-state index in [1.807, 2.05) is 26.0 Å². The summed E-state index contributed by atoms with van der Waals surface area (Å²) in [6.07, 6.45) is 2.53. The van der Waals surface area contributed by atoms with Gasteiger partial charge in [0.2, 0.25) is 0 Å². The molecule has 0 bridgehead atoms. The highest BCUT2D eigenvalue weighted by Crippen LogP contribution is 2.24. The number of hydrogen-bond donors (Lipinski definition) is 1. The van der Waals surface area contributed by atoms with Gasteiger partial charge in [0.1, 0.15) is 0 Å². The zero-order valence-electron chi connectivity index (χ0n) is 13.4. The molecule has 1 aliphatic rings. The third kappa shape index (κ3) is 4.13. The van der Waals surface area contributed by atoms with E-state index in [0.29, 0.717) is 0 Å². The maximum Gasteiger partial charge on any atom is 0.321 e. The number of anilines is 2. The number of carbonyl (C=O) groups excluding carboxylic acids is 1. The number of urea groups is 1. The van der Waals surface area contributed by atoms with Crippen LogP contribution < -0.4 is 10.2 Å². The fourth-order valence-electron chi connectivity index (χ4n) is 2.74. The number of carbonyl (C=O) groups is 1. The summed E-state index contributed by atoms with van der Waals surface area (Å²) in [5, 5.41) is 2.95. The Morgan fingerprint density at radius 2 is 1.76 bits per heavy atom. The summed E-state index contributed by atoms with van der Waals surface area (Å²) in [5.74, 6) is 0.842. The molecule has 1 heterocycles. The lowest BCUT2D eigenvalue weighted by atomic mass is 9.99. The first-order valence-electron chi connectivity index (χ1n) is 8.05. The molecule has 21 heavy (non-hydrogen) atoms. The Balaban J connectivity index is 1.94. The summed E-state index contributed by atoms with van der Waals surface area (Å²) in [5.41, 5.74) is 2.11. The molecule has 1 aliphatic heterocycles. The minimum Gasteiger partial charge on any atom is -0.372 e. The van der Waals surface area contributed by atoms with Crippen LogP contribution in [0.2, 0.25) is 0 Å². The molecule has 0 radical (unpaired) electrons. The Bertz CT molecular complexity index is 446. The van der Waals surface area contributed by atoms with Gasteiger partial charge in [0.25, 0.3) is 0 Å². The second-order valence-electron chi connectivity index (χ2n) is 5.82. The van der Waals surface area contributed by atoms with E-state index in [0.717, 1.165) is 37.8 Å². The second kappa shape index (κ2) is 7.34. The number of benzene rings is 1. The van der Waals surface area contributed by atoms with Gasteiger partial charge < -0.3 is 15.1 Å². The number of amides is 2. The first-order valence-corrected chi connectivity index (χ1v) is 8.05. The van der Waals surface area contributed by atoms with Gasteiger partial charge in [0.15, 0.2) is 0 Å². The summed E-state index contributed by atoms with van der Waals surface area (Å²) >= 11 is 0. The van der Waals surface area contributed by atoms with Gasteiger partial charge in [-0.05, 0) is 56.9 Å². The standard InChI is InChI=1S/C17H27N3O/c1-4-19(5-2)17(21)18-15-6-8-16(9-7-15)20-12-10-14(3)11-13-20/h6-9,14H,4-5,10-13H2,1-3H3,(H,18,21). The molecule has 1 aromatic carbocycles. The number of rotatable bonds is 4. The lowest BCUT2D eigenvalue weighted by Gasteiger charge is -2.32. The van der Waals surface area contributed by atoms with E-state index in [4.69, 9.17) is 0 Å². The SMILES string of the molecule is CCN(CC)C(=O)Nc1ccc(N2CCC(C)CC2)cc1. The highest BCUT2D eigenvalue weighted by molar-refractivity contribution is 5.89. The summed E-state index contributed by atoms with van der Waals surface area (Å²) in [4.78, 5) is 16.2. The van der Waals surface area contributed by atoms with Gasteiger partial charge in [-0.1, -0.05) is 6.92 Å².